The van der Waals surface area contributed by atoms with Crippen molar-refractivity contribution in [3.63, 3.8) is 0 Å². The number of hydrogen-bond acceptors (Lipinski definition) is 2. The van der Waals surface area contributed by atoms with Crippen LogP contribution in [0.1, 0.15) is 22.9 Å². The van der Waals surface area contributed by atoms with Crippen molar-refractivity contribution in [3.8, 4) is 5.69 Å². The molecule has 0 radical (unpaired) electrons. The summed E-state index contributed by atoms with van der Waals surface area (Å²) in [6.45, 7) is 0.686. The average Bonchev–Trinajstić information content (AvgIpc) is 3.31. The predicted molar refractivity (Wildman–Crippen MR) is 154 cm³/mol. The van der Waals surface area contributed by atoms with E-state index in [0.717, 1.165) is 16.8 Å². The molecule has 180 valence electrons. The lowest BCUT2D eigenvalue weighted by Gasteiger charge is -2.18. The quantitative estimate of drug-likeness (QED) is 0.191. The Morgan fingerprint density at radius 3 is 1.81 bits per heavy atom. The number of fused-ring (bicyclic) bond motifs is 3. The van der Waals surface area contributed by atoms with Crippen LogP contribution in [0.5, 0.6) is 0 Å². The van der Waals surface area contributed by atoms with Crippen molar-refractivity contribution in [1.82, 2.24) is 9.88 Å². The van der Waals surface area contributed by atoms with E-state index in [9.17, 15) is 0 Å². The molecule has 1 aromatic heterocycles. The SMILES string of the molecule is NC(=NC(NCc1ccccc1)c1ccc(-n2c3ccccc3c3ccccc32)cc1)c1ccccc1. The molecule has 1 heterocycles. The predicted octanol–water partition coefficient (Wildman–Crippen LogP) is 6.98. The number of hydrogen-bond donors (Lipinski definition) is 2. The minimum atomic E-state index is -0.285. The number of para-hydroxylation sites is 2. The highest BCUT2D eigenvalue weighted by Gasteiger charge is 2.14. The number of amidine groups is 1. The monoisotopic (exact) mass is 480 g/mol. The molecule has 0 spiro atoms. The van der Waals surface area contributed by atoms with Crippen LogP contribution in [0.3, 0.4) is 0 Å². The van der Waals surface area contributed by atoms with Crippen molar-refractivity contribution in [3.05, 3.63) is 150 Å². The summed E-state index contributed by atoms with van der Waals surface area (Å²) in [4.78, 5) is 4.90. The van der Waals surface area contributed by atoms with E-state index in [1.807, 2.05) is 48.5 Å². The van der Waals surface area contributed by atoms with E-state index in [-0.39, 0.29) is 6.17 Å². The third-order valence-electron chi connectivity index (χ3n) is 6.73. The first-order valence-corrected chi connectivity index (χ1v) is 12.5. The fourth-order valence-corrected chi connectivity index (χ4v) is 4.88. The second kappa shape index (κ2) is 10.1. The van der Waals surface area contributed by atoms with Gasteiger partial charge in [-0.25, -0.2) is 4.99 Å². The topological polar surface area (TPSA) is 55.3 Å². The number of nitrogens with one attached hydrogen (secondary N) is 1. The number of nitrogens with zero attached hydrogens (tertiary/aromatic N) is 2. The molecule has 4 nitrogen and oxygen atoms in total. The van der Waals surface area contributed by atoms with Crippen LogP contribution in [-0.4, -0.2) is 10.4 Å². The van der Waals surface area contributed by atoms with E-state index in [1.54, 1.807) is 0 Å². The summed E-state index contributed by atoms with van der Waals surface area (Å²) >= 11 is 0. The summed E-state index contributed by atoms with van der Waals surface area (Å²) in [7, 11) is 0. The van der Waals surface area contributed by atoms with Crippen LogP contribution in [0, 0.1) is 0 Å². The lowest BCUT2D eigenvalue weighted by molar-refractivity contribution is 0.554. The summed E-state index contributed by atoms with van der Waals surface area (Å²) in [6, 6.07) is 46.0. The Kier molecular flexibility index (Phi) is 6.24. The Morgan fingerprint density at radius 2 is 1.19 bits per heavy atom. The van der Waals surface area contributed by atoms with E-state index >= 15 is 0 Å². The number of aliphatic imine (C=N–C) groups is 1. The van der Waals surface area contributed by atoms with Gasteiger partial charge >= 0.3 is 0 Å². The van der Waals surface area contributed by atoms with Crippen LogP contribution in [0.15, 0.2) is 138 Å². The molecule has 6 rings (SSSR count). The third-order valence-corrected chi connectivity index (χ3v) is 6.73. The van der Waals surface area contributed by atoms with Gasteiger partial charge in [-0.3, -0.25) is 5.32 Å². The molecule has 0 amide bonds. The molecular formula is C33H28N4. The van der Waals surface area contributed by atoms with Crippen LogP contribution >= 0.6 is 0 Å². The van der Waals surface area contributed by atoms with Gasteiger partial charge in [0.05, 0.1) is 11.0 Å². The Bertz CT molecular complexity index is 1610. The van der Waals surface area contributed by atoms with Gasteiger partial charge in [0, 0.05) is 28.6 Å². The fourth-order valence-electron chi connectivity index (χ4n) is 4.88. The second-order valence-corrected chi connectivity index (χ2v) is 9.11. The van der Waals surface area contributed by atoms with E-state index in [4.69, 9.17) is 10.7 Å². The zero-order valence-corrected chi connectivity index (χ0v) is 20.5. The van der Waals surface area contributed by atoms with Gasteiger partial charge in [-0.1, -0.05) is 109 Å². The van der Waals surface area contributed by atoms with E-state index in [0.29, 0.717) is 12.4 Å². The molecule has 37 heavy (non-hydrogen) atoms. The summed E-state index contributed by atoms with van der Waals surface area (Å²) in [5.41, 5.74) is 13.1. The highest BCUT2D eigenvalue weighted by Crippen LogP contribution is 2.32. The molecule has 1 unspecified atom stereocenters. The van der Waals surface area contributed by atoms with Gasteiger partial charge in [0.25, 0.3) is 0 Å². The lowest BCUT2D eigenvalue weighted by atomic mass is 10.1. The first-order valence-electron chi connectivity index (χ1n) is 12.5. The number of nitrogens with two attached hydrogens (primary N) is 1. The Morgan fingerprint density at radius 1 is 0.649 bits per heavy atom. The lowest BCUT2D eigenvalue weighted by Crippen LogP contribution is -2.24. The van der Waals surface area contributed by atoms with Crippen molar-refractivity contribution in [2.24, 2.45) is 10.7 Å². The summed E-state index contributed by atoms with van der Waals surface area (Å²) in [5.74, 6) is 0.512. The van der Waals surface area contributed by atoms with Crippen molar-refractivity contribution < 1.29 is 0 Å². The Balaban J connectivity index is 1.38. The summed E-state index contributed by atoms with van der Waals surface area (Å²) in [5, 5.41) is 6.10. The van der Waals surface area contributed by atoms with Crippen LogP contribution < -0.4 is 11.1 Å². The van der Waals surface area contributed by atoms with Gasteiger partial charge in [0.15, 0.2) is 0 Å². The first-order chi connectivity index (χ1) is 18.3. The molecule has 4 heteroatoms. The second-order valence-electron chi connectivity index (χ2n) is 9.11. The molecule has 0 saturated heterocycles. The third kappa shape index (κ3) is 4.63. The van der Waals surface area contributed by atoms with Crippen LogP contribution in [0.2, 0.25) is 0 Å². The standard InChI is InChI=1S/C33H28N4/c34-32(25-13-5-2-6-14-25)36-33(35-23-24-11-3-1-4-12-24)26-19-21-27(22-20-26)37-30-17-9-7-15-28(30)29-16-8-10-18-31(29)37/h1-22,33,35H,23H2,(H2,34,36). The van der Waals surface area contributed by atoms with Gasteiger partial charge in [-0.05, 0) is 35.4 Å². The Hall–Kier alpha value is -4.67. The molecule has 0 bridgehead atoms. The number of aromatic nitrogens is 1. The van der Waals surface area contributed by atoms with E-state index < -0.39 is 0 Å². The molecule has 0 fully saturated rings. The van der Waals surface area contributed by atoms with Gasteiger partial charge in [0.1, 0.15) is 12.0 Å². The van der Waals surface area contributed by atoms with Gasteiger partial charge in [0.2, 0.25) is 0 Å². The number of rotatable bonds is 7. The van der Waals surface area contributed by atoms with E-state index in [1.165, 1.54) is 27.4 Å². The van der Waals surface area contributed by atoms with Crippen molar-refractivity contribution in [2.75, 3.05) is 0 Å². The smallest absolute Gasteiger partial charge is 0.128 e. The van der Waals surface area contributed by atoms with Crippen LogP contribution in [0.25, 0.3) is 27.5 Å². The summed E-state index contributed by atoms with van der Waals surface area (Å²) < 4.78 is 2.32. The first kappa shape index (κ1) is 22.8. The van der Waals surface area contributed by atoms with Crippen LogP contribution in [0.4, 0.5) is 0 Å². The maximum atomic E-state index is 6.44. The summed E-state index contributed by atoms with van der Waals surface area (Å²) in [6.07, 6.45) is -0.285. The Labute approximate surface area is 216 Å². The van der Waals surface area contributed by atoms with Gasteiger partial charge in [-0.2, -0.15) is 0 Å². The molecular weight excluding hydrogens is 452 g/mol. The molecule has 1 atom stereocenters. The average molecular weight is 481 g/mol. The largest absolute Gasteiger partial charge is 0.383 e. The maximum Gasteiger partial charge on any atom is 0.128 e. The molecule has 0 aliphatic carbocycles. The maximum absolute atomic E-state index is 6.44. The van der Waals surface area contributed by atoms with E-state index in [2.05, 4.69) is 94.8 Å². The molecule has 5 aromatic carbocycles. The highest BCUT2D eigenvalue weighted by molar-refractivity contribution is 6.09. The van der Waals surface area contributed by atoms with Crippen LogP contribution in [-0.2, 0) is 6.54 Å². The zero-order chi connectivity index (χ0) is 25.0. The minimum Gasteiger partial charge on any atom is -0.383 e. The zero-order valence-electron chi connectivity index (χ0n) is 20.5. The molecule has 3 N–H and O–H groups in total. The molecule has 0 aliphatic heterocycles. The molecule has 0 saturated carbocycles. The number of benzene rings is 5. The van der Waals surface area contributed by atoms with Gasteiger partial charge < -0.3 is 10.3 Å². The van der Waals surface area contributed by atoms with Crippen molar-refractivity contribution in [1.29, 1.82) is 0 Å². The minimum absolute atomic E-state index is 0.285. The highest BCUT2D eigenvalue weighted by atomic mass is 15.1. The van der Waals surface area contributed by atoms with Crippen molar-refractivity contribution in [2.45, 2.75) is 12.7 Å². The van der Waals surface area contributed by atoms with Gasteiger partial charge in [-0.15, -0.1) is 0 Å². The fraction of sp³-hybridized carbons (Fsp3) is 0.0606. The molecule has 6 aromatic rings. The molecule has 0 aliphatic rings. The van der Waals surface area contributed by atoms with Crippen molar-refractivity contribution >= 4 is 27.6 Å². The normalized spacial score (nSPS) is 12.7.